The summed E-state index contributed by atoms with van der Waals surface area (Å²) in [5.74, 6) is 0.544. The van der Waals surface area contributed by atoms with Gasteiger partial charge in [-0.25, -0.2) is 0 Å². The van der Waals surface area contributed by atoms with Crippen molar-refractivity contribution in [3.05, 3.63) is 35.4 Å². The summed E-state index contributed by atoms with van der Waals surface area (Å²) in [6.45, 7) is 6.74. The van der Waals surface area contributed by atoms with E-state index in [9.17, 15) is 9.90 Å². The Morgan fingerprint density at radius 2 is 1.95 bits per heavy atom. The fourth-order valence-electron chi connectivity index (χ4n) is 4.66. The Labute approximate surface area is 114 Å². The van der Waals surface area contributed by atoms with Gasteiger partial charge in [-0.2, -0.15) is 0 Å². The van der Waals surface area contributed by atoms with Crippen LogP contribution in [0.3, 0.4) is 0 Å². The van der Waals surface area contributed by atoms with Crippen LogP contribution in [0.15, 0.2) is 24.3 Å². The largest absolute Gasteiger partial charge is 0.385 e. The number of aliphatic hydroxyl groups is 1. The Balaban J connectivity index is 2.18. The first-order valence-electron chi connectivity index (χ1n) is 7.14. The maximum atomic E-state index is 11.4. The van der Waals surface area contributed by atoms with Gasteiger partial charge in [-0.3, -0.25) is 4.79 Å². The van der Waals surface area contributed by atoms with Gasteiger partial charge >= 0.3 is 0 Å². The van der Waals surface area contributed by atoms with Crippen molar-refractivity contribution < 1.29 is 9.90 Å². The van der Waals surface area contributed by atoms with Crippen LogP contribution in [0.4, 0.5) is 0 Å². The zero-order chi connectivity index (χ0) is 13.9. The summed E-state index contributed by atoms with van der Waals surface area (Å²) in [5.41, 5.74) is 0.565. The first kappa shape index (κ1) is 12.9. The summed E-state index contributed by atoms with van der Waals surface area (Å²) in [6.07, 6.45) is 3.88. The molecule has 0 heterocycles. The summed E-state index contributed by atoms with van der Waals surface area (Å²) in [6, 6.07) is 7.51. The van der Waals surface area contributed by atoms with Crippen LogP contribution in [0.2, 0.25) is 0 Å². The zero-order valence-electron chi connectivity index (χ0n) is 11.9. The molecular weight excluding hydrogens is 236 g/mol. The molecule has 2 fully saturated rings. The number of benzene rings is 1. The molecule has 2 aliphatic carbocycles. The lowest BCUT2D eigenvalue weighted by Crippen LogP contribution is -2.45. The topological polar surface area (TPSA) is 37.3 Å². The first-order valence-corrected chi connectivity index (χ1v) is 7.14. The molecule has 2 aliphatic rings. The molecule has 1 aromatic rings. The molecule has 0 radical (unpaired) electrons. The van der Waals surface area contributed by atoms with Crippen molar-refractivity contribution in [2.45, 2.75) is 45.6 Å². The van der Waals surface area contributed by atoms with Crippen LogP contribution in [0.25, 0.3) is 0 Å². The van der Waals surface area contributed by atoms with Crippen LogP contribution in [-0.4, -0.2) is 11.4 Å². The van der Waals surface area contributed by atoms with E-state index in [-0.39, 0.29) is 10.8 Å². The van der Waals surface area contributed by atoms with Crippen LogP contribution < -0.4 is 0 Å². The van der Waals surface area contributed by atoms with E-state index < -0.39 is 5.60 Å². The maximum absolute atomic E-state index is 11.4. The van der Waals surface area contributed by atoms with Crippen molar-refractivity contribution in [2.24, 2.45) is 16.7 Å². The van der Waals surface area contributed by atoms with E-state index in [0.717, 1.165) is 24.7 Å². The van der Waals surface area contributed by atoms with E-state index in [1.54, 1.807) is 0 Å². The minimum Gasteiger partial charge on any atom is -0.385 e. The highest BCUT2D eigenvalue weighted by atomic mass is 16.3. The number of hydrogen-bond acceptors (Lipinski definition) is 2. The summed E-state index contributed by atoms with van der Waals surface area (Å²) in [4.78, 5) is 11.3. The lowest BCUT2D eigenvalue weighted by molar-refractivity contribution is -0.0959. The Bertz CT molecular complexity index is 534. The van der Waals surface area contributed by atoms with Gasteiger partial charge < -0.3 is 5.11 Å². The smallest absolute Gasteiger partial charge is 0.150 e. The average molecular weight is 258 g/mol. The van der Waals surface area contributed by atoms with Gasteiger partial charge in [-0.1, -0.05) is 45.0 Å². The third-order valence-electron chi connectivity index (χ3n) is 6.42. The second-order valence-corrected chi connectivity index (χ2v) is 7.06. The van der Waals surface area contributed by atoms with Gasteiger partial charge in [-0.05, 0) is 36.2 Å². The molecule has 3 atom stereocenters. The molecule has 3 unspecified atom stereocenters. The van der Waals surface area contributed by atoms with Crippen molar-refractivity contribution in [3.63, 3.8) is 0 Å². The molecule has 102 valence electrons. The molecule has 2 saturated carbocycles. The van der Waals surface area contributed by atoms with Crippen molar-refractivity contribution in [3.8, 4) is 0 Å². The maximum Gasteiger partial charge on any atom is 0.150 e. The van der Waals surface area contributed by atoms with E-state index in [0.29, 0.717) is 11.5 Å². The van der Waals surface area contributed by atoms with Crippen LogP contribution in [0.1, 0.15) is 56.0 Å². The Morgan fingerprint density at radius 1 is 1.26 bits per heavy atom. The summed E-state index contributed by atoms with van der Waals surface area (Å²) < 4.78 is 0. The van der Waals surface area contributed by atoms with Gasteiger partial charge in [0.2, 0.25) is 0 Å². The lowest BCUT2D eigenvalue weighted by atomic mass is 9.62. The van der Waals surface area contributed by atoms with Gasteiger partial charge in [0, 0.05) is 11.0 Å². The molecule has 0 saturated heterocycles. The van der Waals surface area contributed by atoms with Crippen LogP contribution in [0.5, 0.6) is 0 Å². The Kier molecular flexibility index (Phi) is 2.50. The standard InChI is InChI=1S/C17H22O2/c1-15(2)13-8-9-16(15,3)17(19,10-13)14-7-5-4-6-12(14)11-18/h4-7,11,13,19H,8-10H2,1-3H3. The minimum atomic E-state index is -0.864. The molecule has 0 amide bonds. The fourth-order valence-corrected chi connectivity index (χ4v) is 4.66. The van der Waals surface area contributed by atoms with E-state index in [1.165, 1.54) is 6.42 Å². The molecule has 0 aliphatic heterocycles. The Hall–Kier alpha value is -1.15. The predicted octanol–water partition coefficient (Wildman–Crippen LogP) is 3.53. The fraction of sp³-hybridized carbons (Fsp3) is 0.588. The molecule has 0 aromatic heterocycles. The molecule has 1 N–H and O–H groups in total. The SMILES string of the molecule is CC1(C)C2CCC1(C)C(O)(c1ccccc1C=O)C2. The lowest BCUT2D eigenvalue weighted by Gasteiger charge is -2.46. The number of aldehydes is 1. The normalized spacial score (nSPS) is 39.5. The number of carbonyl (C=O) groups excluding carboxylic acids is 1. The van der Waals surface area contributed by atoms with Crippen molar-refractivity contribution >= 4 is 6.29 Å². The second-order valence-electron chi connectivity index (χ2n) is 7.06. The average Bonchev–Trinajstić information content (AvgIpc) is 2.71. The first-order chi connectivity index (χ1) is 8.87. The molecule has 1 aromatic carbocycles. The second kappa shape index (κ2) is 3.69. The molecule has 2 heteroatoms. The highest BCUT2D eigenvalue weighted by Crippen LogP contribution is 2.72. The van der Waals surface area contributed by atoms with Crippen molar-refractivity contribution in [1.29, 1.82) is 0 Å². The zero-order valence-corrected chi connectivity index (χ0v) is 11.9. The Morgan fingerprint density at radius 3 is 2.47 bits per heavy atom. The van der Waals surface area contributed by atoms with Gasteiger partial charge in [0.15, 0.2) is 0 Å². The highest BCUT2D eigenvalue weighted by molar-refractivity contribution is 5.78. The van der Waals surface area contributed by atoms with Gasteiger partial charge in [-0.15, -0.1) is 0 Å². The molecule has 19 heavy (non-hydrogen) atoms. The van der Waals surface area contributed by atoms with Crippen LogP contribution in [-0.2, 0) is 5.60 Å². The molecular formula is C17H22O2. The number of fused-ring (bicyclic) bond motifs is 2. The molecule has 3 rings (SSSR count). The number of carbonyl (C=O) groups is 1. The highest BCUT2D eigenvalue weighted by Gasteiger charge is 2.69. The molecule has 2 bridgehead atoms. The summed E-state index contributed by atoms with van der Waals surface area (Å²) in [7, 11) is 0. The van der Waals surface area contributed by atoms with Gasteiger partial charge in [0.1, 0.15) is 6.29 Å². The number of rotatable bonds is 2. The van der Waals surface area contributed by atoms with Crippen LogP contribution >= 0.6 is 0 Å². The van der Waals surface area contributed by atoms with Crippen molar-refractivity contribution in [1.82, 2.24) is 0 Å². The van der Waals surface area contributed by atoms with E-state index >= 15 is 0 Å². The van der Waals surface area contributed by atoms with Crippen LogP contribution in [0, 0.1) is 16.7 Å². The third-order valence-corrected chi connectivity index (χ3v) is 6.42. The summed E-state index contributed by atoms with van der Waals surface area (Å²) in [5, 5.41) is 11.4. The minimum absolute atomic E-state index is 0.123. The third kappa shape index (κ3) is 1.33. The monoisotopic (exact) mass is 258 g/mol. The van der Waals surface area contributed by atoms with E-state index in [2.05, 4.69) is 20.8 Å². The predicted molar refractivity (Wildman–Crippen MR) is 75.0 cm³/mol. The number of hydrogen-bond donors (Lipinski definition) is 1. The van der Waals surface area contributed by atoms with E-state index in [4.69, 9.17) is 0 Å². The van der Waals surface area contributed by atoms with Gasteiger partial charge in [0.05, 0.1) is 5.60 Å². The molecule has 0 spiro atoms. The summed E-state index contributed by atoms with van der Waals surface area (Å²) >= 11 is 0. The quantitative estimate of drug-likeness (QED) is 0.824. The molecule has 2 nitrogen and oxygen atoms in total. The van der Waals surface area contributed by atoms with Crippen molar-refractivity contribution in [2.75, 3.05) is 0 Å². The van der Waals surface area contributed by atoms with Gasteiger partial charge in [0.25, 0.3) is 0 Å². The van der Waals surface area contributed by atoms with E-state index in [1.807, 2.05) is 24.3 Å².